The molecular formula is C17H21N3O3. The predicted octanol–water partition coefficient (Wildman–Crippen LogP) is 2.35. The standard InChI is InChI=1S/C17H21N3O3/c1-10(2)15(17(22)23)20-16(21)13(8-18)9-19-14-6-5-11(3)12(4)7-14/h5-7,9-10,15,19H,1-4H3,(H,20,21)(H,22,23)/b13-9-. The number of hydrogen-bond donors (Lipinski definition) is 3. The molecule has 1 unspecified atom stereocenters. The molecule has 0 aliphatic carbocycles. The third kappa shape index (κ3) is 5.15. The van der Waals surface area contributed by atoms with Crippen LogP contribution < -0.4 is 10.6 Å². The van der Waals surface area contributed by atoms with Gasteiger partial charge in [-0.15, -0.1) is 0 Å². The van der Waals surface area contributed by atoms with E-state index in [1.54, 1.807) is 19.9 Å². The van der Waals surface area contributed by atoms with Gasteiger partial charge in [0.05, 0.1) is 0 Å². The number of nitriles is 1. The van der Waals surface area contributed by atoms with Crippen LogP contribution in [0.25, 0.3) is 0 Å². The quantitative estimate of drug-likeness (QED) is 0.552. The highest BCUT2D eigenvalue weighted by Gasteiger charge is 2.24. The van der Waals surface area contributed by atoms with E-state index in [4.69, 9.17) is 10.4 Å². The Morgan fingerprint density at radius 1 is 1.26 bits per heavy atom. The first-order valence-corrected chi connectivity index (χ1v) is 7.24. The fraction of sp³-hybridized carbons (Fsp3) is 0.353. The van der Waals surface area contributed by atoms with Gasteiger partial charge in [0.1, 0.15) is 17.7 Å². The SMILES string of the molecule is Cc1ccc(N/C=C(/C#N)C(=O)NC(C(=O)O)C(C)C)cc1C. The van der Waals surface area contributed by atoms with Crippen molar-refractivity contribution in [2.45, 2.75) is 33.7 Å². The summed E-state index contributed by atoms with van der Waals surface area (Å²) in [5.74, 6) is -2.14. The molecule has 0 aliphatic rings. The van der Waals surface area contributed by atoms with Crippen molar-refractivity contribution in [2.24, 2.45) is 5.92 Å². The molecule has 0 saturated carbocycles. The topological polar surface area (TPSA) is 102 Å². The van der Waals surface area contributed by atoms with Gasteiger partial charge in [0, 0.05) is 11.9 Å². The molecule has 0 bridgehead atoms. The molecule has 0 fully saturated rings. The highest BCUT2D eigenvalue weighted by Crippen LogP contribution is 2.14. The lowest BCUT2D eigenvalue weighted by atomic mass is 10.0. The zero-order valence-corrected chi connectivity index (χ0v) is 13.7. The molecule has 1 aromatic rings. The molecule has 6 nitrogen and oxygen atoms in total. The maximum Gasteiger partial charge on any atom is 0.326 e. The van der Waals surface area contributed by atoms with Gasteiger partial charge in [-0.3, -0.25) is 4.79 Å². The lowest BCUT2D eigenvalue weighted by Crippen LogP contribution is -2.44. The number of carbonyl (C=O) groups is 2. The molecule has 0 aromatic heterocycles. The number of carbonyl (C=O) groups excluding carboxylic acids is 1. The molecule has 0 aliphatic heterocycles. The fourth-order valence-corrected chi connectivity index (χ4v) is 1.87. The molecule has 0 heterocycles. The van der Waals surface area contributed by atoms with Crippen molar-refractivity contribution in [3.8, 4) is 6.07 Å². The van der Waals surface area contributed by atoms with Crippen LogP contribution in [-0.4, -0.2) is 23.0 Å². The Hall–Kier alpha value is -2.81. The molecule has 1 aromatic carbocycles. The first-order chi connectivity index (χ1) is 10.8. The number of amides is 1. The van der Waals surface area contributed by atoms with Gasteiger partial charge in [0.15, 0.2) is 0 Å². The number of carboxylic acids is 1. The number of hydrogen-bond acceptors (Lipinski definition) is 4. The van der Waals surface area contributed by atoms with Crippen molar-refractivity contribution in [1.82, 2.24) is 5.32 Å². The Labute approximate surface area is 135 Å². The first kappa shape index (κ1) is 18.2. The minimum Gasteiger partial charge on any atom is -0.480 e. The van der Waals surface area contributed by atoms with Gasteiger partial charge >= 0.3 is 5.97 Å². The minimum atomic E-state index is -1.13. The van der Waals surface area contributed by atoms with Crippen molar-refractivity contribution >= 4 is 17.6 Å². The van der Waals surface area contributed by atoms with E-state index < -0.39 is 17.9 Å². The van der Waals surface area contributed by atoms with Gasteiger partial charge in [-0.25, -0.2) is 4.79 Å². The van der Waals surface area contributed by atoms with Gasteiger partial charge in [0.2, 0.25) is 0 Å². The number of carboxylic acid groups (broad SMARTS) is 1. The Bertz CT molecular complexity index is 672. The molecule has 1 rings (SSSR count). The number of aryl methyl sites for hydroxylation is 2. The van der Waals surface area contributed by atoms with E-state index in [0.29, 0.717) is 0 Å². The van der Waals surface area contributed by atoms with Crippen LogP contribution in [0.5, 0.6) is 0 Å². The van der Waals surface area contributed by atoms with Crippen LogP contribution in [0.1, 0.15) is 25.0 Å². The second-order valence-corrected chi connectivity index (χ2v) is 5.65. The van der Waals surface area contributed by atoms with Crippen molar-refractivity contribution in [3.63, 3.8) is 0 Å². The second-order valence-electron chi connectivity index (χ2n) is 5.65. The summed E-state index contributed by atoms with van der Waals surface area (Å²) in [4.78, 5) is 23.1. The van der Waals surface area contributed by atoms with Crippen molar-refractivity contribution < 1.29 is 14.7 Å². The Morgan fingerprint density at radius 3 is 2.39 bits per heavy atom. The summed E-state index contributed by atoms with van der Waals surface area (Å²) in [6.07, 6.45) is 1.28. The average molecular weight is 315 g/mol. The highest BCUT2D eigenvalue weighted by atomic mass is 16.4. The number of rotatable bonds is 6. The largest absolute Gasteiger partial charge is 0.480 e. The van der Waals surface area contributed by atoms with E-state index in [9.17, 15) is 9.59 Å². The average Bonchev–Trinajstić information content (AvgIpc) is 2.48. The van der Waals surface area contributed by atoms with Crippen LogP contribution in [-0.2, 0) is 9.59 Å². The van der Waals surface area contributed by atoms with Crippen LogP contribution >= 0.6 is 0 Å². The van der Waals surface area contributed by atoms with Crippen LogP contribution in [0, 0.1) is 31.1 Å². The molecule has 1 amide bonds. The monoisotopic (exact) mass is 315 g/mol. The zero-order valence-electron chi connectivity index (χ0n) is 13.7. The number of nitrogens with one attached hydrogen (secondary N) is 2. The van der Waals surface area contributed by atoms with Crippen LogP contribution in [0.4, 0.5) is 5.69 Å². The summed E-state index contributed by atoms with van der Waals surface area (Å²) >= 11 is 0. The van der Waals surface area contributed by atoms with Gasteiger partial charge in [-0.2, -0.15) is 5.26 Å². The van der Waals surface area contributed by atoms with E-state index in [2.05, 4.69) is 10.6 Å². The minimum absolute atomic E-state index is 0.185. The fourth-order valence-electron chi connectivity index (χ4n) is 1.87. The van der Waals surface area contributed by atoms with E-state index in [0.717, 1.165) is 16.8 Å². The van der Waals surface area contributed by atoms with E-state index >= 15 is 0 Å². The Balaban J connectivity index is 2.86. The summed E-state index contributed by atoms with van der Waals surface area (Å²) in [7, 11) is 0. The van der Waals surface area contributed by atoms with Gasteiger partial charge in [0.25, 0.3) is 5.91 Å². The summed E-state index contributed by atoms with van der Waals surface area (Å²) in [5.41, 5.74) is 2.78. The van der Waals surface area contributed by atoms with E-state index in [1.165, 1.54) is 6.20 Å². The normalized spacial score (nSPS) is 12.4. The second kappa shape index (κ2) is 7.99. The zero-order chi connectivity index (χ0) is 17.6. The molecule has 0 radical (unpaired) electrons. The molecular weight excluding hydrogens is 294 g/mol. The smallest absolute Gasteiger partial charge is 0.326 e. The summed E-state index contributed by atoms with van der Waals surface area (Å²) in [6, 6.07) is 6.39. The number of anilines is 1. The molecule has 1 atom stereocenters. The van der Waals surface area contributed by atoms with Gasteiger partial charge < -0.3 is 15.7 Å². The maximum absolute atomic E-state index is 12.0. The van der Waals surface area contributed by atoms with Crippen molar-refractivity contribution in [1.29, 1.82) is 5.26 Å². The lowest BCUT2D eigenvalue weighted by Gasteiger charge is -2.17. The maximum atomic E-state index is 12.0. The van der Waals surface area contributed by atoms with Crippen molar-refractivity contribution in [3.05, 3.63) is 41.1 Å². The van der Waals surface area contributed by atoms with Crippen molar-refractivity contribution in [2.75, 3.05) is 5.32 Å². The van der Waals surface area contributed by atoms with E-state index in [-0.39, 0.29) is 11.5 Å². The summed E-state index contributed by atoms with van der Waals surface area (Å²) in [6.45, 7) is 7.31. The molecule has 0 saturated heterocycles. The summed E-state index contributed by atoms with van der Waals surface area (Å²) in [5, 5.41) is 23.4. The molecule has 6 heteroatoms. The molecule has 122 valence electrons. The molecule has 0 spiro atoms. The van der Waals surface area contributed by atoms with Crippen LogP contribution in [0.2, 0.25) is 0 Å². The summed E-state index contributed by atoms with van der Waals surface area (Å²) < 4.78 is 0. The Morgan fingerprint density at radius 2 is 1.91 bits per heavy atom. The lowest BCUT2D eigenvalue weighted by molar-refractivity contribution is -0.142. The number of benzene rings is 1. The Kier molecular flexibility index (Phi) is 6.34. The highest BCUT2D eigenvalue weighted by molar-refractivity contribution is 5.99. The van der Waals surface area contributed by atoms with Crippen LogP contribution in [0.15, 0.2) is 30.0 Å². The van der Waals surface area contributed by atoms with E-state index in [1.807, 2.05) is 32.0 Å². The third-order valence-electron chi connectivity index (χ3n) is 3.47. The van der Waals surface area contributed by atoms with Crippen LogP contribution in [0.3, 0.4) is 0 Å². The molecule has 23 heavy (non-hydrogen) atoms. The third-order valence-corrected chi connectivity index (χ3v) is 3.47. The first-order valence-electron chi connectivity index (χ1n) is 7.24. The van der Waals surface area contributed by atoms with Gasteiger partial charge in [-0.1, -0.05) is 19.9 Å². The van der Waals surface area contributed by atoms with Gasteiger partial charge in [-0.05, 0) is 43.0 Å². The number of nitrogens with zero attached hydrogens (tertiary/aromatic N) is 1. The number of aliphatic carboxylic acids is 1. The predicted molar refractivity (Wildman–Crippen MR) is 87.6 cm³/mol. The molecule has 3 N–H and O–H groups in total.